The molecular weight excluding hydrogens is 578 g/mol. The van der Waals surface area contributed by atoms with Crippen molar-refractivity contribution in [3.8, 4) is 0 Å². The molecule has 0 aliphatic heterocycles. The van der Waals surface area contributed by atoms with Crippen molar-refractivity contribution >= 4 is 17.8 Å². The first-order valence-corrected chi connectivity index (χ1v) is 12.1. The maximum Gasteiger partial charge on any atom is 0.306 e. The van der Waals surface area contributed by atoms with Gasteiger partial charge in [0.1, 0.15) is 12.6 Å². The SMILES string of the molecule is CC(C)CC(NC(=O)C(N)CCC(=O)OCc1ccccc1)C(=O)NCCCOCCCO.FF.FF.FF.FF. The van der Waals surface area contributed by atoms with Crippen molar-refractivity contribution in [2.24, 2.45) is 11.7 Å². The predicted molar refractivity (Wildman–Crippen MR) is 134 cm³/mol. The maximum absolute atomic E-state index is 12.5. The number of nitrogens with two attached hydrogens (primary N) is 1. The Bertz CT molecular complexity index is 728. The van der Waals surface area contributed by atoms with Crippen molar-refractivity contribution < 1.29 is 65.6 Å². The van der Waals surface area contributed by atoms with Gasteiger partial charge in [-0.3, -0.25) is 14.4 Å². The quantitative estimate of drug-likeness (QED) is 0.114. The number of ether oxygens (including phenoxy) is 2. The molecular formula is C24H39F8N3O6. The fourth-order valence-electron chi connectivity index (χ4n) is 2.97. The summed E-state index contributed by atoms with van der Waals surface area (Å²) in [6, 6.07) is 7.69. The van der Waals surface area contributed by atoms with Gasteiger partial charge < -0.3 is 30.9 Å². The van der Waals surface area contributed by atoms with Crippen LogP contribution in [0.25, 0.3) is 0 Å². The Morgan fingerprint density at radius 2 is 1.46 bits per heavy atom. The topological polar surface area (TPSA) is 140 Å². The third-order valence-corrected chi connectivity index (χ3v) is 4.79. The Balaban J connectivity index is -0.000000782. The predicted octanol–water partition coefficient (Wildman–Crippen LogP) is 4.64. The number of aliphatic hydroxyl groups is 1. The van der Waals surface area contributed by atoms with E-state index in [9.17, 15) is 14.4 Å². The number of benzene rings is 1. The number of esters is 1. The third-order valence-electron chi connectivity index (χ3n) is 4.79. The lowest BCUT2D eigenvalue weighted by atomic mass is 10.0. The number of hydrogen-bond donors (Lipinski definition) is 4. The second-order valence-corrected chi connectivity index (χ2v) is 8.32. The van der Waals surface area contributed by atoms with Crippen LogP contribution in [-0.2, 0) is 30.5 Å². The molecule has 0 heterocycles. The van der Waals surface area contributed by atoms with Gasteiger partial charge in [-0.15, -0.1) is 0 Å². The van der Waals surface area contributed by atoms with Crippen molar-refractivity contribution in [2.75, 3.05) is 26.4 Å². The fourth-order valence-corrected chi connectivity index (χ4v) is 2.97. The highest BCUT2D eigenvalue weighted by atomic mass is 20.0. The zero-order valence-corrected chi connectivity index (χ0v) is 22.8. The van der Waals surface area contributed by atoms with Crippen LogP contribution in [0.5, 0.6) is 0 Å². The summed E-state index contributed by atoms with van der Waals surface area (Å²) in [5, 5.41) is 14.2. The average Bonchev–Trinajstić information content (AvgIpc) is 3.02. The van der Waals surface area contributed by atoms with E-state index in [4.69, 9.17) is 56.9 Å². The van der Waals surface area contributed by atoms with Crippen LogP contribution in [0.1, 0.15) is 51.5 Å². The lowest BCUT2D eigenvalue weighted by Gasteiger charge is -2.22. The van der Waals surface area contributed by atoms with Crippen LogP contribution in [-0.4, -0.2) is 61.3 Å². The molecule has 0 bridgehead atoms. The minimum Gasteiger partial charge on any atom is -0.461 e. The van der Waals surface area contributed by atoms with E-state index in [-0.39, 0.29) is 37.9 Å². The van der Waals surface area contributed by atoms with Crippen LogP contribution in [0.4, 0.5) is 36.6 Å². The van der Waals surface area contributed by atoms with E-state index in [1.165, 1.54) is 0 Å². The highest BCUT2D eigenvalue weighted by Crippen LogP contribution is 2.07. The van der Waals surface area contributed by atoms with Crippen LogP contribution >= 0.6 is 0 Å². The first-order chi connectivity index (χ1) is 19.8. The summed E-state index contributed by atoms with van der Waals surface area (Å²) in [5.41, 5.74) is 6.83. The molecule has 17 heteroatoms. The molecule has 242 valence electrons. The third kappa shape index (κ3) is 28.3. The highest BCUT2D eigenvalue weighted by molar-refractivity contribution is 5.89. The summed E-state index contributed by atoms with van der Waals surface area (Å²) in [6.07, 6.45) is 1.82. The van der Waals surface area contributed by atoms with Gasteiger partial charge in [0.15, 0.2) is 0 Å². The minimum atomic E-state index is -0.920. The molecule has 2 atom stereocenters. The van der Waals surface area contributed by atoms with E-state index < -0.39 is 24.0 Å². The molecule has 9 nitrogen and oxygen atoms in total. The van der Waals surface area contributed by atoms with E-state index in [0.717, 1.165) is 5.56 Å². The van der Waals surface area contributed by atoms with Gasteiger partial charge >= 0.3 is 5.97 Å². The summed E-state index contributed by atoms with van der Waals surface area (Å²) in [4.78, 5) is 37.0. The Hall–Kier alpha value is -3.05. The first-order valence-electron chi connectivity index (χ1n) is 12.1. The smallest absolute Gasteiger partial charge is 0.306 e. The van der Waals surface area contributed by atoms with Crippen molar-refractivity contribution in [2.45, 2.75) is 64.6 Å². The lowest BCUT2D eigenvalue weighted by Crippen LogP contribution is -2.52. The Labute approximate surface area is 233 Å². The molecule has 41 heavy (non-hydrogen) atoms. The van der Waals surface area contributed by atoms with E-state index in [1.807, 2.05) is 44.2 Å². The number of carbonyl (C=O) groups is 3. The van der Waals surface area contributed by atoms with Gasteiger partial charge in [-0.25, -0.2) is 0 Å². The van der Waals surface area contributed by atoms with E-state index in [2.05, 4.69) is 10.6 Å². The van der Waals surface area contributed by atoms with Crippen LogP contribution < -0.4 is 16.4 Å². The Morgan fingerprint density at radius 3 is 2.00 bits per heavy atom. The number of amides is 2. The average molecular weight is 618 g/mol. The molecule has 0 spiro atoms. The second kappa shape index (κ2) is 35.0. The van der Waals surface area contributed by atoms with E-state index in [0.29, 0.717) is 39.0 Å². The number of nitrogens with one attached hydrogen (secondary N) is 2. The van der Waals surface area contributed by atoms with Gasteiger partial charge in [-0.1, -0.05) is 44.2 Å². The van der Waals surface area contributed by atoms with Crippen molar-refractivity contribution in [3.63, 3.8) is 0 Å². The zero-order chi connectivity index (χ0) is 32.5. The zero-order valence-electron chi connectivity index (χ0n) is 22.8. The monoisotopic (exact) mass is 617 g/mol. The summed E-state index contributed by atoms with van der Waals surface area (Å²) in [6.45, 7) is 5.56. The van der Waals surface area contributed by atoms with Gasteiger partial charge in [-0.2, -0.15) is 0 Å². The molecule has 0 saturated heterocycles. The Kier molecular flexibility index (Phi) is 38.3. The fraction of sp³-hybridized carbons (Fsp3) is 0.625. The van der Waals surface area contributed by atoms with Crippen molar-refractivity contribution in [1.82, 2.24) is 10.6 Å². The van der Waals surface area contributed by atoms with Crippen LogP contribution in [0, 0.1) is 5.92 Å². The molecule has 0 fully saturated rings. The highest BCUT2D eigenvalue weighted by Gasteiger charge is 2.24. The normalized spacial score (nSPS) is 10.9. The number of carbonyl (C=O) groups excluding carboxylic acids is 3. The number of halogens is 8. The molecule has 0 radical (unpaired) electrons. The number of hydrogen-bond acceptors (Lipinski definition) is 7. The molecule has 2 amide bonds. The summed E-state index contributed by atoms with van der Waals surface area (Å²) < 4.78 is 74.5. The minimum absolute atomic E-state index is 0.0126. The van der Waals surface area contributed by atoms with Gasteiger partial charge in [0.05, 0.1) is 6.04 Å². The number of rotatable bonds is 17. The molecule has 0 aliphatic rings. The largest absolute Gasteiger partial charge is 0.461 e. The molecule has 0 aliphatic carbocycles. The van der Waals surface area contributed by atoms with Gasteiger partial charge in [-0.05, 0) is 37.2 Å². The molecule has 1 rings (SSSR count). The summed E-state index contributed by atoms with van der Waals surface area (Å²) in [7, 11) is 0. The summed E-state index contributed by atoms with van der Waals surface area (Å²) >= 11 is 0. The molecule has 0 saturated carbocycles. The lowest BCUT2D eigenvalue weighted by molar-refractivity contribution is -0.145. The van der Waals surface area contributed by atoms with Gasteiger partial charge in [0.25, 0.3) is 0 Å². The van der Waals surface area contributed by atoms with Gasteiger partial charge in [0, 0.05) is 69.4 Å². The number of aliphatic hydroxyl groups excluding tert-OH is 1. The standard InChI is InChI=1S/C24H39N3O6.4F2/c1-18(2)16-21(24(31)26-12-6-14-32-15-7-13-28)27-23(30)20(25)10-11-22(29)33-17-19-8-4-3-5-9-19;4*1-2/h3-5,8-9,18,20-21,28H,6-7,10-17,25H2,1-2H3,(H,26,31)(H,27,30);;;;. The molecule has 5 N–H and O–H groups in total. The van der Waals surface area contributed by atoms with Crippen molar-refractivity contribution in [3.05, 3.63) is 35.9 Å². The van der Waals surface area contributed by atoms with Crippen LogP contribution in [0.2, 0.25) is 0 Å². The van der Waals surface area contributed by atoms with Crippen LogP contribution in [0.3, 0.4) is 0 Å². The molecule has 1 aromatic carbocycles. The van der Waals surface area contributed by atoms with E-state index >= 15 is 0 Å². The van der Waals surface area contributed by atoms with Gasteiger partial charge in [0.2, 0.25) is 11.8 Å². The molecule has 0 aromatic heterocycles. The first kappa shape index (κ1) is 45.0. The van der Waals surface area contributed by atoms with Crippen LogP contribution in [0.15, 0.2) is 30.3 Å². The summed E-state index contributed by atoms with van der Waals surface area (Å²) in [5.74, 6) is -0.993. The van der Waals surface area contributed by atoms with Crippen molar-refractivity contribution in [1.29, 1.82) is 0 Å². The molecule has 1 aromatic rings. The Morgan fingerprint density at radius 1 is 0.902 bits per heavy atom. The second-order valence-electron chi connectivity index (χ2n) is 8.32. The molecule has 2 unspecified atom stereocenters. The maximum atomic E-state index is 12.5. The van der Waals surface area contributed by atoms with E-state index in [1.54, 1.807) is 0 Å².